The van der Waals surface area contributed by atoms with Crippen LogP contribution >= 0.6 is 0 Å². The molecule has 0 radical (unpaired) electrons. The number of anilines is 2. The normalized spacial score (nSPS) is 22.9. The number of carbonyl (C=O) groups excluding carboxylic acids is 1. The molecule has 2 aromatic heterocycles. The summed E-state index contributed by atoms with van der Waals surface area (Å²) in [6, 6.07) is 11.5. The molecule has 1 aromatic carbocycles. The third-order valence-corrected chi connectivity index (χ3v) is 6.28. The van der Waals surface area contributed by atoms with Gasteiger partial charge in [-0.1, -0.05) is 12.1 Å². The monoisotopic (exact) mass is 439 g/mol. The van der Waals surface area contributed by atoms with Crippen LogP contribution in [0.5, 0.6) is 0 Å². The van der Waals surface area contributed by atoms with E-state index < -0.39 is 17.6 Å². The number of rotatable bonds is 5. The Kier molecular flexibility index (Phi) is 5.24. The van der Waals surface area contributed by atoms with Crippen LogP contribution in [0, 0.1) is 17.7 Å². The molecule has 9 heteroatoms. The van der Waals surface area contributed by atoms with Gasteiger partial charge in [0, 0.05) is 25.0 Å². The molecule has 0 bridgehead atoms. The maximum atomic E-state index is 14.0. The summed E-state index contributed by atoms with van der Waals surface area (Å²) in [4.78, 5) is 17.4. The lowest BCUT2D eigenvalue weighted by Crippen LogP contribution is -2.39. The van der Waals surface area contributed by atoms with E-state index in [1.54, 1.807) is 36.5 Å². The van der Waals surface area contributed by atoms with E-state index in [0.717, 1.165) is 19.4 Å². The highest BCUT2D eigenvalue weighted by atomic mass is 19.1. The van der Waals surface area contributed by atoms with Gasteiger partial charge in [-0.05, 0) is 55.9 Å². The van der Waals surface area contributed by atoms with Gasteiger partial charge in [-0.2, -0.15) is 9.49 Å². The third-order valence-electron chi connectivity index (χ3n) is 6.28. The molecule has 0 unspecified atom stereocenters. The smallest absolute Gasteiger partial charge is 0.415 e. The second-order valence-corrected chi connectivity index (χ2v) is 8.37. The number of benzene rings is 1. The molecule has 1 N–H and O–H groups in total. The molecular weight excluding hydrogens is 416 g/mol. The fourth-order valence-electron chi connectivity index (χ4n) is 4.49. The van der Waals surface area contributed by atoms with Crippen molar-refractivity contribution in [2.75, 3.05) is 23.3 Å². The molecule has 2 fully saturated rings. The summed E-state index contributed by atoms with van der Waals surface area (Å²) >= 11 is 0. The largest absolute Gasteiger partial charge is 0.441 e. The summed E-state index contributed by atoms with van der Waals surface area (Å²) in [6.45, 7) is 1.06. The van der Waals surface area contributed by atoms with E-state index in [2.05, 4.69) is 15.4 Å². The Labute approximate surface area is 184 Å². The van der Waals surface area contributed by atoms with Crippen molar-refractivity contribution in [1.29, 1.82) is 0 Å². The van der Waals surface area contributed by atoms with Gasteiger partial charge in [0.2, 0.25) is 5.95 Å². The summed E-state index contributed by atoms with van der Waals surface area (Å²) in [7, 11) is 0. The van der Waals surface area contributed by atoms with E-state index in [1.807, 2.05) is 6.07 Å². The summed E-state index contributed by atoms with van der Waals surface area (Å²) < 4.78 is 35.2. The highest BCUT2D eigenvalue weighted by Crippen LogP contribution is 2.41. The van der Waals surface area contributed by atoms with Crippen LogP contribution in [0.3, 0.4) is 0 Å². The maximum Gasteiger partial charge on any atom is 0.415 e. The molecule has 2 aliphatic rings. The lowest BCUT2D eigenvalue weighted by Gasteiger charge is -2.35. The Balaban J connectivity index is 1.16. The van der Waals surface area contributed by atoms with Gasteiger partial charge in [0.25, 0.3) is 0 Å². The van der Waals surface area contributed by atoms with Crippen LogP contribution in [-0.4, -0.2) is 39.5 Å². The zero-order valence-corrected chi connectivity index (χ0v) is 17.4. The molecule has 1 aliphatic heterocycles. The van der Waals surface area contributed by atoms with Crippen molar-refractivity contribution in [3.8, 4) is 5.69 Å². The lowest BCUT2D eigenvalue weighted by molar-refractivity contribution is 0.0148. The minimum absolute atomic E-state index is 0.156. The summed E-state index contributed by atoms with van der Waals surface area (Å²) in [5.74, 6) is 0.0708. The van der Waals surface area contributed by atoms with Gasteiger partial charge >= 0.3 is 6.09 Å². The molecule has 1 saturated carbocycles. The topological polar surface area (TPSA) is 72.3 Å². The number of amides is 1. The van der Waals surface area contributed by atoms with Gasteiger partial charge in [0.15, 0.2) is 0 Å². The predicted octanol–water partition coefficient (Wildman–Crippen LogP) is 4.54. The van der Waals surface area contributed by atoms with Crippen molar-refractivity contribution in [1.82, 2.24) is 14.8 Å². The first-order chi connectivity index (χ1) is 15.5. The molecule has 3 aromatic rings. The van der Waals surface area contributed by atoms with Crippen LogP contribution in [0.1, 0.15) is 25.7 Å². The van der Waals surface area contributed by atoms with E-state index in [-0.39, 0.29) is 11.5 Å². The zero-order valence-electron chi connectivity index (χ0n) is 17.4. The second-order valence-electron chi connectivity index (χ2n) is 8.37. The van der Waals surface area contributed by atoms with Crippen molar-refractivity contribution < 1.29 is 18.3 Å². The number of nitrogens with zero attached hydrogens (tertiary/aromatic N) is 4. The van der Waals surface area contributed by atoms with Crippen LogP contribution < -0.4 is 10.2 Å². The number of para-hydroxylation sites is 1. The maximum absolute atomic E-state index is 14.0. The molecule has 32 heavy (non-hydrogen) atoms. The number of carbonyl (C=O) groups is 1. The van der Waals surface area contributed by atoms with Gasteiger partial charge < -0.3 is 10.1 Å². The predicted molar refractivity (Wildman–Crippen MR) is 115 cm³/mol. The quantitative estimate of drug-likeness (QED) is 0.591. The van der Waals surface area contributed by atoms with Crippen LogP contribution in [0.2, 0.25) is 0 Å². The fourth-order valence-corrected chi connectivity index (χ4v) is 4.49. The van der Waals surface area contributed by atoms with Gasteiger partial charge in [-0.3, -0.25) is 4.90 Å². The average Bonchev–Trinajstić information content (AvgIpc) is 3.39. The minimum atomic E-state index is -0.672. The molecule has 5 rings (SSSR count). The van der Waals surface area contributed by atoms with Crippen molar-refractivity contribution >= 4 is 17.6 Å². The Bertz CT molecular complexity index is 1130. The van der Waals surface area contributed by atoms with Gasteiger partial charge in [0.05, 0.1) is 6.54 Å². The van der Waals surface area contributed by atoms with Crippen LogP contribution in [-0.2, 0) is 4.74 Å². The molecule has 0 atom stereocenters. The fraction of sp³-hybridized carbons (Fsp3) is 0.348. The van der Waals surface area contributed by atoms with Crippen molar-refractivity contribution in [2.45, 2.75) is 31.3 Å². The first-order valence-electron chi connectivity index (χ1n) is 10.7. The minimum Gasteiger partial charge on any atom is -0.441 e. The summed E-state index contributed by atoms with van der Waals surface area (Å²) in [6.07, 6.45) is 5.73. The number of pyridine rings is 1. The van der Waals surface area contributed by atoms with Crippen LogP contribution in [0.4, 0.5) is 25.1 Å². The standard InChI is InChI=1S/C23H23F2N5O2/c24-17-4-1-2-5-18(17)30-13-9-20(28-30)27-14-16-7-10-23(11-8-16)15-29(22(31)32-23)19-6-3-12-26-21(19)25/h1-6,9,12-13,16H,7-8,10-11,14-15H2,(H,27,28)/t16-,23-. The number of hydrogen-bond acceptors (Lipinski definition) is 5. The van der Waals surface area contributed by atoms with Gasteiger partial charge in [-0.15, -0.1) is 0 Å². The first-order valence-corrected chi connectivity index (χ1v) is 10.7. The van der Waals surface area contributed by atoms with Crippen molar-refractivity contribution in [3.63, 3.8) is 0 Å². The van der Waals surface area contributed by atoms with Crippen LogP contribution in [0.15, 0.2) is 54.9 Å². The van der Waals surface area contributed by atoms with E-state index in [9.17, 15) is 13.6 Å². The summed E-state index contributed by atoms with van der Waals surface area (Å²) in [5.41, 5.74) is -0.0242. The van der Waals surface area contributed by atoms with E-state index in [4.69, 9.17) is 4.74 Å². The van der Waals surface area contributed by atoms with Gasteiger partial charge in [-0.25, -0.2) is 18.9 Å². The highest BCUT2D eigenvalue weighted by molar-refractivity contribution is 5.90. The van der Waals surface area contributed by atoms with Crippen LogP contribution in [0.25, 0.3) is 5.69 Å². The number of hydrogen-bond donors (Lipinski definition) is 1. The highest BCUT2D eigenvalue weighted by Gasteiger charge is 2.48. The van der Waals surface area contributed by atoms with Gasteiger partial charge in [0.1, 0.15) is 28.6 Å². The molecule has 1 aliphatic carbocycles. The SMILES string of the molecule is O=C1O[C@]2(CC[C@H](CNc3ccn(-c4ccccc4F)n3)CC2)CN1c1cccnc1F. The Morgan fingerprint density at radius 1 is 1.09 bits per heavy atom. The number of ether oxygens (including phenoxy) is 1. The molecule has 1 saturated heterocycles. The number of halogens is 2. The zero-order chi connectivity index (χ0) is 22.1. The Morgan fingerprint density at radius 3 is 2.66 bits per heavy atom. The molecule has 166 valence electrons. The molecular formula is C23H23F2N5O2. The molecule has 1 amide bonds. The van der Waals surface area contributed by atoms with Crippen molar-refractivity contribution in [2.24, 2.45) is 5.92 Å². The summed E-state index contributed by atoms with van der Waals surface area (Å²) in [5, 5.41) is 7.73. The molecule has 7 nitrogen and oxygen atoms in total. The van der Waals surface area contributed by atoms with E-state index in [0.29, 0.717) is 36.8 Å². The molecule has 1 spiro atoms. The first kappa shape index (κ1) is 20.4. The average molecular weight is 439 g/mol. The van der Waals surface area contributed by atoms with E-state index in [1.165, 1.54) is 21.8 Å². The second kappa shape index (κ2) is 8.22. The number of aromatic nitrogens is 3. The van der Waals surface area contributed by atoms with Crippen molar-refractivity contribution in [3.05, 3.63) is 66.6 Å². The molecule has 3 heterocycles. The number of nitrogens with one attached hydrogen (secondary N) is 1. The Hall–Kier alpha value is -3.49. The van der Waals surface area contributed by atoms with E-state index >= 15 is 0 Å². The third kappa shape index (κ3) is 3.90. The Morgan fingerprint density at radius 2 is 1.88 bits per heavy atom. The lowest BCUT2D eigenvalue weighted by atomic mass is 9.78.